The van der Waals surface area contributed by atoms with Crippen molar-refractivity contribution >= 4 is 46.0 Å². The number of unbranched alkanes of at least 4 members (excludes halogenated alkanes) is 1. The van der Waals surface area contributed by atoms with Gasteiger partial charge in [-0.2, -0.15) is 0 Å². The second-order valence-corrected chi connectivity index (χ2v) is 11.8. The van der Waals surface area contributed by atoms with E-state index in [1.165, 1.54) is 6.08 Å². The molecule has 2 bridgehead atoms. The molecule has 0 aliphatic carbocycles. The number of nitrogens with zero attached hydrogens (tertiary/aromatic N) is 2. The van der Waals surface area contributed by atoms with Crippen LogP contribution < -0.4 is 4.90 Å². The molecule has 3 aliphatic rings. The first-order chi connectivity index (χ1) is 18.5. The summed E-state index contributed by atoms with van der Waals surface area (Å²) in [6.45, 7) is 8.28. The number of fused-ring (bicyclic) bond motifs is 2. The fraction of sp³-hybridized carbons (Fsp3) is 0.433. The quantitative estimate of drug-likeness (QED) is 0.267. The van der Waals surface area contributed by atoms with Gasteiger partial charge in [-0.3, -0.25) is 14.4 Å². The zero-order valence-corrected chi connectivity index (χ0v) is 22.3. The summed E-state index contributed by atoms with van der Waals surface area (Å²) in [5, 5.41) is 11.4. The van der Waals surface area contributed by atoms with Gasteiger partial charge in [-0.25, -0.2) is 0 Å². The second-order valence-electron chi connectivity index (χ2n) is 10.2. The highest BCUT2D eigenvalue weighted by molar-refractivity contribution is 8.02. The van der Waals surface area contributed by atoms with Crippen LogP contribution in [0.1, 0.15) is 25.7 Å². The Hall–Kier alpha value is -3.10. The summed E-state index contributed by atoms with van der Waals surface area (Å²) in [5.41, 5.74) is 0.746. The molecule has 2 amide bonds. The number of carbonyl (C=O) groups is 3. The predicted molar refractivity (Wildman–Crippen MR) is 150 cm³/mol. The number of benzene rings is 2. The van der Waals surface area contributed by atoms with E-state index in [-0.39, 0.29) is 36.2 Å². The number of hydrogen-bond donors (Lipinski definition) is 1. The van der Waals surface area contributed by atoms with Crippen LogP contribution in [0.15, 0.2) is 67.8 Å². The molecule has 2 aromatic carbocycles. The topological polar surface area (TPSA) is 87.2 Å². The van der Waals surface area contributed by atoms with Crippen molar-refractivity contribution < 1.29 is 24.2 Å². The van der Waals surface area contributed by atoms with Gasteiger partial charge >= 0.3 is 5.97 Å². The number of esters is 1. The van der Waals surface area contributed by atoms with Crippen LogP contribution >= 0.6 is 11.8 Å². The molecule has 0 aromatic heterocycles. The van der Waals surface area contributed by atoms with Crippen LogP contribution in [0, 0.1) is 11.8 Å². The van der Waals surface area contributed by atoms with Crippen molar-refractivity contribution in [2.75, 3.05) is 31.2 Å². The molecule has 7 nitrogen and oxygen atoms in total. The summed E-state index contributed by atoms with van der Waals surface area (Å²) < 4.78 is 4.74. The first-order valence-corrected chi connectivity index (χ1v) is 14.1. The highest BCUT2D eigenvalue weighted by Gasteiger charge is 2.74. The SMILES string of the molecule is C=CCOC(=O)[C@@H]1[C@@H]2CCC3(S2)C(C(=O)N(CC=C)c2ccc4ccccc4c2)N(CCCCO)C(=O)[C@H]13. The highest BCUT2D eigenvalue weighted by Crippen LogP contribution is 2.66. The summed E-state index contributed by atoms with van der Waals surface area (Å²) >= 11 is 1.62. The van der Waals surface area contributed by atoms with Gasteiger partial charge < -0.3 is 19.6 Å². The van der Waals surface area contributed by atoms with Gasteiger partial charge in [0, 0.05) is 30.6 Å². The Morgan fingerprint density at radius 3 is 2.68 bits per heavy atom. The second kappa shape index (κ2) is 10.9. The predicted octanol–water partition coefficient (Wildman–Crippen LogP) is 3.95. The van der Waals surface area contributed by atoms with Gasteiger partial charge in [-0.1, -0.05) is 49.1 Å². The molecular weight excluding hydrogens is 500 g/mol. The lowest BCUT2D eigenvalue weighted by Gasteiger charge is -2.37. The minimum Gasteiger partial charge on any atom is -0.461 e. The Morgan fingerprint density at radius 1 is 1.16 bits per heavy atom. The van der Waals surface area contributed by atoms with E-state index >= 15 is 0 Å². The zero-order chi connectivity index (χ0) is 26.9. The van der Waals surface area contributed by atoms with E-state index < -0.39 is 22.6 Å². The van der Waals surface area contributed by atoms with Crippen molar-refractivity contribution in [3.63, 3.8) is 0 Å². The van der Waals surface area contributed by atoms with Crippen LogP contribution in [0.25, 0.3) is 10.8 Å². The third-order valence-electron chi connectivity index (χ3n) is 8.08. The molecule has 0 radical (unpaired) electrons. The summed E-state index contributed by atoms with van der Waals surface area (Å²) in [6, 6.07) is 13.2. The number of likely N-dealkylation sites (tertiary alicyclic amines) is 1. The average Bonchev–Trinajstić information content (AvgIpc) is 3.57. The minimum atomic E-state index is -0.711. The van der Waals surface area contributed by atoms with Gasteiger partial charge in [-0.15, -0.1) is 18.3 Å². The third kappa shape index (κ3) is 4.33. The maximum atomic E-state index is 14.5. The summed E-state index contributed by atoms with van der Waals surface area (Å²) in [4.78, 5) is 45.0. The molecule has 5 atom stereocenters. The smallest absolute Gasteiger partial charge is 0.311 e. The molecule has 1 N–H and O–H groups in total. The molecule has 3 saturated heterocycles. The summed E-state index contributed by atoms with van der Waals surface area (Å²) in [6.07, 6.45) is 5.78. The molecule has 8 heteroatoms. The van der Waals surface area contributed by atoms with Gasteiger partial charge in [0.1, 0.15) is 12.6 Å². The van der Waals surface area contributed by atoms with Crippen molar-refractivity contribution in [2.24, 2.45) is 11.8 Å². The fourth-order valence-electron chi connectivity index (χ4n) is 6.52. The molecule has 1 spiro atoms. The van der Waals surface area contributed by atoms with Crippen LogP contribution in [-0.2, 0) is 19.1 Å². The van der Waals surface area contributed by atoms with Crippen LogP contribution in [0.5, 0.6) is 0 Å². The van der Waals surface area contributed by atoms with E-state index in [2.05, 4.69) is 13.2 Å². The van der Waals surface area contributed by atoms with Crippen LogP contribution in [0.2, 0.25) is 0 Å². The lowest BCUT2D eigenvalue weighted by Crippen LogP contribution is -2.55. The van der Waals surface area contributed by atoms with Gasteiger partial charge in [0.05, 0.1) is 16.6 Å². The van der Waals surface area contributed by atoms with E-state index in [4.69, 9.17) is 4.74 Å². The maximum Gasteiger partial charge on any atom is 0.311 e. The Bertz CT molecular complexity index is 1260. The molecule has 200 valence electrons. The average molecular weight is 535 g/mol. The van der Waals surface area contributed by atoms with Gasteiger partial charge in [0.25, 0.3) is 5.91 Å². The number of ether oxygens (including phenoxy) is 1. The van der Waals surface area contributed by atoms with E-state index in [0.29, 0.717) is 32.4 Å². The van der Waals surface area contributed by atoms with Crippen molar-refractivity contribution in [3.05, 3.63) is 67.8 Å². The Balaban J connectivity index is 1.54. The molecule has 38 heavy (non-hydrogen) atoms. The monoisotopic (exact) mass is 534 g/mol. The lowest BCUT2D eigenvalue weighted by atomic mass is 9.71. The standard InChI is InChI=1S/C30H34N2O5S/c1-3-15-31(22-12-11-20-9-5-6-10-21(20)19-22)28(35)26-30-14-13-23(38-30)24(29(36)37-18-4-2)25(30)27(34)32(26)16-7-8-17-33/h3-6,9-12,19,23-26,33H,1-2,7-8,13-18H2/t23-,24+,25-,26?,30?/m0/s1. The van der Waals surface area contributed by atoms with E-state index in [9.17, 15) is 19.5 Å². The van der Waals surface area contributed by atoms with E-state index in [1.807, 2.05) is 42.5 Å². The number of rotatable bonds is 11. The number of aliphatic hydroxyl groups excluding tert-OH is 1. The number of thioether (sulfide) groups is 1. The van der Waals surface area contributed by atoms with Crippen molar-refractivity contribution in [3.8, 4) is 0 Å². The van der Waals surface area contributed by atoms with E-state index in [1.54, 1.807) is 27.6 Å². The van der Waals surface area contributed by atoms with Gasteiger partial charge in [-0.05, 0) is 48.6 Å². The number of aliphatic hydroxyl groups is 1. The normalized spacial score (nSPS) is 27.4. The van der Waals surface area contributed by atoms with Gasteiger partial charge in [0.2, 0.25) is 5.91 Å². The highest BCUT2D eigenvalue weighted by atomic mass is 32.2. The number of carbonyl (C=O) groups excluding carboxylic acids is 3. The van der Waals surface area contributed by atoms with Crippen LogP contribution in [0.4, 0.5) is 5.69 Å². The Labute approximate surface area is 227 Å². The Kier molecular flexibility index (Phi) is 7.63. The minimum absolute atomic E-state index is 0.0161. The molecule has 3 aliphatic heterocycles. The molecule has 2 unspecified atom stereocenters. The summed E-state index contributed by atoms with van der Waals surface area (Å²) in [5.74, 6) is -1.88. The van der Waals surface area contributed by atoms with Crippen LogP contribution in [-0.4, -0.2) is 70.1 Å². The molecular formula is C30H34N2O5S. The van der Waals surface area contributed by atoms with Crippen molar-refractivity contribution in [2.45, 2.75) is 41.7 Å². The first kappa shape index (κ1) is 26.5. The number of anilines is 1. The van der Waals surface area contributed by atoms with Crippen molar-refractivity contribution in [1.29, 1.82) is 0 Å². The lowest BCUT2D eigenvalue weighted by molar-refractivity contribution is -0.153. The molecule has 2 aromatic rings. The van der Waals surface area contributed by atoms with E-state index in [0.717, 1.165) is 22.9 Å². The molecule has 3 fully saturated rings. The fourth-order valence-corrected chi connectivity index (χ4v) is 8.72. The first-order valence-electron chi connectivity index (χ1n) is 13.2. The number of amides is 2. The van der Waals surface area contributed by atoms with Crippen molar-refractivity contribution in [1.82, 2.24) is 4.90 Å². The molecule has 3 heterocycles. The Morgan fingerprint density at radius 2 is 1.95 bits per heavy atom. The molecule has 5 rings (SSSR count). The summed E-state index contributed by atoms with van der Waals surface area (Å²) in [7, 11) is 0. The van der Waals surface area contributed by atoms with Crippen LogP contribution in [0.3, 0.4) is 0 Å². The largest absolute Gasteiger partial charge is 0.461 e. The number of hydrogen-bond acceptors (Lipinski definition) is 6. The molecule has 0 saturated carbocycles. The zero-order valence-electron chi connectivity index (χ0n) is 21.5. The van der Waals surface area contributed by atoms with Gasteiger partial charge in [0.15, 0.2) is 0 Å². The third-order valence-corrected chi connectivity index (χ3v) is 10.0. The maximum absolute atomic E-state index is 14.5.